The van der Waals surface area contributed by atoms with Gasteiger partial charge in [-0.2, -0.15) is 0 Å². The lowest BCUT2D eigenvalue weighted by Crippen LogP contribution is -2.46. The SMILES string of the molecule is CC(C)[C@H](NC(=O)c1ccc(Cl)c([N+](=O)[O-])c1)C(=O)OCC(=O)NCCC1=CCCCC1. The number of carbonyl (C=O) groups is 3. The molecule has 9 nitrogen and oxygen atoms in total. The molecule has 0 bridgehead atoms. The standard InChI is InChI=1S/C22H28ClN3O6/c1-14(2)20(25-21(28)16-8-9-17(23)18(12-16)26(30)31)22(29)32-13-19(27)24-11-10-15-6-4-3-5-7-15/h6,8-9,12,14,20H,3-5,7,10-11,13H2,1-2H3,(H,24,27)(H,25,28)/t20-/m0/s1. The number of nitrogens with zero attached hydrogens (tertiary/aromatic N) is 1. The molecule has 1 aliphatic carbocycles. The van der Waals surface area contributed by atoms with Crippen molar-refractivity contribution in [3.63, 3.8) is 0 Å². The number of halogens is 1. The number of allylic oxidation sites excluding steroid dienone is 1. The number of amides is 2. The van der Waals surface area contributed by atoms with Crippen LogP contribution in [0.25, 0.3) is 0 Å². The van der Waals surface area contributed by atoms with E-state index in [1.807, 2.05) is 0 Å². The molecular weight excluding hydrogens is 438 g/mol. The van der Waals surface area contributed by atoms with E-state index >= 15 is 0 Å². The van der Waals surface area contributed by atoms with Crippen LogP contribution in [-0.4, -0.2) is 41.9 Å². The highest BCUT2D eigenvalue weighted by Crippen LogP contribution is 2.25. The van der Waals surface area contributed by atoms with E-state index in [4.69, 9.17) is 16.3 Å². The van der Waals surface area contributed by atoms with E-state index in [-0.39, 0.29) is 16.5 Å². The minimum atomic E-state index is -1.03. The Morgan fingerprint density at radius 1 is 1.25 bits per heavy atom. The van der Waals surface area contributed by atoms with E-state index in [1.54, 1.807) is 13.8 Å². The average Bonchev–Trinajstić information content (AvgIpc) is 2.76. The molecule has 0 aliphatic heterocycles. The van der Waals surface area contributed by atoms with Crippen molar-refractivity contribution in [1.82, 2.24) is 10.6 Å². The molecule has 0 saturated carbocycles. The van der Waals surface area contributed by atoms with Crippen LogP contribution in [0, 0.1) is 16.0 Å². The van der Waals surface area contributed by atoms with Gasteiger partial charge in [-0.05, 0) is 50.2 Å². The average molecular weight is 466 g/mol. The summed E-state index contributed by atoms with van der Waals surface area (Å²) in [5, 5.41) is 16.2. The van der Waals surface area contributed by atoms with Gasteiger partial charge < -0.3 is 15.4 Å². The summed E-state index contributed by atoms with van der Waals surface area (Å²) >= 11 is 5.77. The summed E-state index contributed by atoms with van der Waals surface area (Å²) in [6.45, 7) is 3.42. The summed E-state index contributed by atoms with van der Waals surface area (Å²) < 4.78 is 5.08. The molecule has 0 saturated heterocycles. The summed E-state index contributed by atoms with van der Waals surface area (Å²) in [4.78, 5) is 47.3. The Morgan fingerprint density at radius 3 is 2.62 bits per heavy atom. The Morgan fingerprint density at radius 2 is 2.00 bits per heavy atom. The van der Waals surface area contributed by atoms with Crippen molar-refractivity contribution in [3.05, 3.63) is 50.5 Å². The van der Waals surface area contributed by atoms with Gasteiger partial charge >= 0.3 is 5.97 Å². The fraction of sp³-hybridized carbons (Fsp3) is 0.500. The number of nitro benzene ring substituents is 1. The number of nitro groups is 1. The minimum absolute atomic E-state index is 0.0192. The second kappa shape index (κ2) is 12.2. The van der Waals surface area contributed by atoms with Crippen LogP contribution < -0.4 is 10.6 Å². The molecule has 1 aliphatic rings. The van der Waals surface area contributed by atoms with Crippen molar-refractivity contribution >= 4 is 35.1 Å². The zero-order chi connectivity index (χ0) is 23.7. The molecule has 0 unspecified atom stereocenters. The molecule has 32 heavy (non-hydrogen) atoms. The number of rotatable bonds is 10. The Bertz CT molecular complexity index is 900. The number of hydrogen-bond acceptors (Lipinski definition) is 6. The van der Waals surface area contributed by atoms with Gasteiger partial charge in [0.25, 0.3) is 17.5 Å². The van der Waals surface area contributed by atoms with Crippen molar-refractivity contribution in [1.29, 1.82) is 0 Å². The lowest BCUT2D eigenvalue weighted by molar-refractivity contribution is -0.384. The first kappa shape index (κ1) is 25.3. The maximum atomic E-state index is 12.5. The third-order valence-electron chi connectivity index (χ3n) is 5.11. The fourth-order valence-electron chi connectivity index (χ4n) is 3.29. The van der Waals surface area contributed by atoms with Crippen LogP contribution >= 0.6 is 11.6 Å². The summed E-state index contributed by atoms with van der Waals surface area (Å²) in [5.74, 6) is -2.21. The van der Waals surface area contributed by atoms with Gasteiger partial charge in [0.15, 0.2) is 6.61 Å². The Hall–Kier alpha value is -2.94. The summed E-state index contributed by atoms with van der Waals surface area (Å²) in [6.07, 6.45) is 7.49. The Labute approximate surface area is 191 Å². The van der Waals surface area contributed by atoms with Crippen molar-refractivity contribution in [3.8, 4) is 0 Å². The van der Waals surface area contributed by atoms with Gasteiger partial charge in [0.1, 0.15) is 11.1 Å². The van der Waals surface area contributed by atoms with Crippen molar-refractivity contribution in [2.45, 2.75) is 52.0 Å². The molecular formula is C22H28ClN3O6. The highest BCUT2D eigenvalue weighted by atomic mass is 35.5. The summed E-state index contributed by atoms with van der Waals surface area (Å²) in [7, 11) is 0. The second-order valence-corrected chi connectivity index (χ2v) is 8.34. The van der Waals surface area contributed by atoms with E-state index in [0.717, 1.165) is 25.3 Å². The van der Waals surface area contributed by atoms with Crippen LogP contribution in [-0.2, 0) is 14.3 Å². The predicted molar refractivity (Wildman–Crippen MR) is 119 cm³/mol. The van der Waals surface area contributed by atoms with E-state index in [1.165, 1.54) is 30.5 Å². The van der Waals surface area contributed by atoms with Gasteiger partial charge in [-0.15, -0.1) is 0 Å². The monoisotopic (exact) mass is 465 g/mol. The largest absolute Gasteiger partial charge is 0.454 e. The van der Waals surface area contributed by atoms with Gasteiger partial charge in [-0.3, -0.25) is 19.7 Å². The first-order valence-electron chi connectivity index (χ1n) is 10.5. The number of esters is 1. The van der Waals surface area contributed by atoms with Crippen LogP contribution in [0.5, 0.6) is 0 Å². The zero-order valence-corrected chi connectivity index (χ0v) is 18.9. The van der Waals surface area contributed by atoms with Crippen molar-refractivity contribution in [2.75, 3.05) is 13.2 Å². The highest BCUT2D eigenvalue weighted by molar-refractivity contribution is 6.32. The molecule has 2 rings (SSSR count). The molecule has 0 spiro atoms. The molecule has 0 heterocycles. The summed E-state index contributed by atoms with van der Waals surface area (Å²) in [6, 6.07) is 2.57. The van der Waals surface area contributed by atoms with Crippen LogP contribution in [0.1, 0.15) is 56.3 Å². The van der Waals surface area contributed by atoms with Gasteiger partial charge in [0, 0.05) is 18.2 Å². The molecule has 174 valence electrons. The molecule has 1 aromatic rings. The normalized spacial score (nSPS) is 14.3. The van der Waals surface area contributed by atoms with Crippen LogP contribution in [0.2, 0.25) is 5.02 Å². The maximum absolute atomic E-state index is 12.5. The quantitative estimate of drug-likeness (QED) is 0.235. The minimum Gasteiger partial charge on any atom is -0.454 e. The smallest absolute Gasteiger partial charge is 0.329 e. The number of hydrogen-bond donors (Lipinski definition) is 2. The third kappa shape index (κ3) is 7.64. The first-order valence-corrected chi connectivity index (χ1v) is 10.9. The number of nitrogens with one attached hydrogen (secondary N) is 2. The number of ether oxygens (including phenoxy) is 1. The lowest BCUT2D eigenvalue weighted by atomic mass is 9.97. The fourth-order valence-corrected chi connectivity index (χ4v) is 3.47. The summed E-state index contributed by atoms with van der Waals surface area (Å²) in [5.41, 5.74) is 0.900. The predicted octanol–water partition coefficient (Wildman–Crippen LogP) is 3.55. The van der Waals surface area contributed by atoms with Gasteiger partial charge in [0.2, 0.25) is 0 Å². The van der Waals surface area contributed by atoms with E-state index in [2.05, 4.69) is 16.7 Å². The lowest BCUT2D eigenvalue weighted by Gasteiger charge is -2.21. The van der Waals surface area contributed by atoms with Crippen LogP contribution in [0.4, 0.5) is 5.69 Å². The second-order valence-electron chi connectivity index (χ2n) is 7.93. The molecule has 0 fully saturated rings. The first-order chi connectivity index (χ1) is 15.2. The Balaban J connectivity index is 1.87. The molecule has 0 aromatic heterocycles. The molecule has 0 radical (unpaired) electrons. The molecule has 1 atom stereocenters. The van der Waals surface area contributed by atoms with E-state index in [0.29, 0.717) is 6.54 Å². The number of carbonyl (C=O) groups excluding carboxylic acids is 3. The Kier molecular flexibility index (Phi) is 9.64. The third-order valence-corrected chi connectivity index (χ3v) is 5.43. The van der Waals surface area contributed by atoms with Crippen LogP contribution in [0.15, 0.2) is 29.8 Å². The van der Waals surface area contributed by atoms with Crippen LogP contribution in [0.3, 0.4) is 0 Å². The van der Waals surface area contributed by atoms with E-state index < -0.39 is 41.0 Å². The highest BCUT2D eigenvalue weighted by Gasteiger charge is 2.27. The van der Waals surface area contributed by atoms with Crippen molar-refractivity contribution in [2.24, 2.45) is 5.92 Å². The molecule has 10 heteroatoms. The molecule has 2 N–H and O–H groups in total. The molecule has 1 aromatic carbocycles. The zero-order valence-electron chi connectivity index (χ0n) is 18.2. The van der Waals surface area contributed by atoms with Gasteiger partial charge in [-0.25, -0.2) is 4.79 Å². The topological polar surface area (TPSA) is 128 Å². The number of benzene rings is 1. The van der Waals surface area contributed by atoms with Gasteiger partial charge in [0.05, 0.1) is 4.92 Å². The van der Waals surface area contributed by atoms with Crippen molar-refractivity contribution < 1.29 is 24.0 Å². The van der Waals surface area contributed by atoms with Gasteiger partial charge in [-0.1, -0.05) is 37.1 Å². The maximum Gasteiger partial charge on any atom is 0.329 e. The molecule has 2 amide bonds. The van der Waals surface area contributed by atoms with E-state index in [9.17, 15) is 24.5 Å².